The molecule has 270 valence electrons. The summed E-state index contributed by atoms with van der Waals surface area (Å²) in [5.74, 6) is -0.0892. The third-order valence-electron chi connectivity index (χ3n) is 11.1. The van der Waals surface area contributed by atoms with Gasteiger partial charge >= 0.3 is 7.12 Å². The molecule has 3 aliphatic carbocycles. The minimum Gasteiger partial charge on any atom is -0.404 e. The van der Waals surface area contributed by atoms with Crippen molar-refractivity contribution < 1.29 is 28.7 Å². The van der Waals surface area contributed by atoms with Crippen LogP contribution in [0.3, 0.4) is 0 Å². The highest BCUT2D eigenvalue weighted by Crippen LogP contribution is 2.65. The number of carbonyl (C=O) groups excluding carboxylic acids is 3. The number of unbranched alkanes of at least 4 members (excludes halogenated alkanes) is 3. The Labute approximate surface area is 291 Å². The lowest BCUT2D eigenvalue weighted by Gasteiger charge is -2.64. The summed E-state index contributed by atoms with van der Waals surface area (Å²) in [6.45, 7) is 11.2. The zero-order valence-electron chi connectivity index (χ0n) is 30.0. The maximum atomic E-state index is 13.9. The lowest BCUT2D eigenvalue weighted by molar-refractivity contribution is -0.525. The summed E-state index contributed by atoms with van der Waals surface area (Å²) in [6.07, 6.45) is 7.60. The first-order chi connectivity index (χ1) is 23.2. The van der Waals surface area contributed by atoms with Crippen LogP contribution in [0.25, 0.3) is 0 Å². The minimum atomic E-state index is -0.780. The molecule has 5 rings (SSSR count). The molecule has 12 nitrogen and oxygen atoms in total. The average Bonchev–Trinajstić information content (AvgIpc) is 3.40. The molecule has 4 fully saturated rings. The highest BCUT2D eigenvalue weighted by molar-refractivity contribution is 6.47. The zero-order chi connectivity index (χ0) is 35.8. The molecule has 2 bridgehead atoms. The third kappa shape index (κ3) is 10.1. The van der Waals surface area contributed by atoms with Gasteiger partial charge in [-0.2, -0.15) is 0 Å². The van der Waals surface area contributed by atoms with Crippen LogP contribution in [-0.4, -0.2) is 59.8 Å². The molecule has 13 heteroatoms. The first kappa shape index (κ1) is 38.5. The number of benzene rings is 1. The lowest BCUT2D eigenvalue weighted by atomic mass is 9.43. The largest absolute Gasteiger partial charge is 0.481 e. The lowest BCUT2D eigenvalue weighted by Crippen LogP contribution is -2.65. The highest BCUT2D eigenvalue weighted by Gasteiger charge is 2.68. The van der Waals surface area contributed by atoms with Gasteiger partial charge in [-0.3, -0.25) is 14.4 Å². The number of aliphatic imine (C=N–C) groups is 1. The van der Waals surface area contributed by atoms with E-state index >= 15 is 0 Å². The van der Waals surface area contributed by atoms with Gasteiger partial charge in [0.25, 0.3) is 5.96 Å². The summed E-state index contributed by atoms with van der Waals surface area (Å²) in [4.78, 5) is 54.0. The van der Waals surface area contributed by atoms with Crippen molar-refractivity contribution in [2.24, 2.45) is 39.8 Å². The van der Waals surface area contributed by atoms with E-state index in [0.717, 1.165) is 37.7 Å². The molecule has 0 unspecified atom stereocenters. The Kier molecular flexibility index (Phi) is 13.4. The first-order valence-electron chi connectivity index (χ1n) is 18.1. The van der Waals surface area contributed by atoms with Gasteiger partial charge in [-0.05, 0) is 75.0 Å². The molecule has 49 heavy (non-hydrogen) atoms. The molecule has 0 aromatic heterocycles. The van der Waals surface area contributed by atoms with E-state index < -0.39 is 23.7 Å². The fraction of sp³-hybridized carbons (Fsp3) is 0.722. The van der Waals surface area contributed by atoms with E-state index in [-0.39, 0.29) is 59.8 Å². The standard InChI is InChI=1S/C36H56BN5O7/c1-24(2)20-32(37-48-31-23-27-22-30(35(27,3)4)36(31,5)49-37)40-33(45)26(16-13-19-39-34(38)41-42(46)47)21-28(43)17-11-6-7-12-18-29(44)25-14-9-8-10-15-25/h8-10,14-15,24,26-27,30-32H,6-7,11-13,16-23H2,1-5H3,(H,40,45)(H3,38,39,41)/t26-,27+,30+,31-,32+,36+/m1/s1. The minimum absolute atomic E-state index is 0.00728. The highest BCUT2D eigenvalue weighted by atomic mass is 16.7. The Morgan fingerprint density at radius 3 is 2.41 bits per heavy atom. The van der Waals surface area contributed by atoms with Crippen molar-refractivity contribution in [3.05, 3.63) is 46.0 Å². The molecule has 1 saturated heterocycles. The predicted molar refractivity (Wildman–Crippen MR) is 189 cm³/mol. The van der Waals surface area contributed by atoms with Crippen molar-refractivity contribution in [1.82, 2.24) is 10.7 Å². The van der Waals surface area contributed by atoms with Crippen molar-refractivity contribution in [1.29, 1.82) is 0 Å². The molecule has 3 saturated carbocycles. The molecule has 0 spiro atoms. The van der Waals surface area contributed by atoms with Gasteiger partial charge in [-0.1, -0.05) is 76.3 Å². The number of nitro groups is 1. The van der Waals surface area contributed by atoms with Crippen LogP contribution >= 0.6 is 0 Å². The molecule has 4 aliphatic rings. The number of nitrogens with zero attached hydrogens (tertiary/aromatic N) is 2. The summed E-state index contributed by atoms with van der Waals surface area (Å²) >= 11 is 0. The van der Waals surface area contributed by atoms with Crippen molar-refractivity contribution in [3.8, 4) is 0 Å². The number of rotatable bonds is 20. The second kappa shape index (κ2) is 17.1. The Bertz CT molecular complexity index is 1340. The normalized spacial score (nSPS) is 25.2. The van der Waals surface area contributed by atoms with Crippen LogP contribution in [0, 0.1) is 39.2 Å². The Balaban J connectivity index is 1.32. The maximum absolute atomic E-state index is 13.9. The smallest absolute Gasteiger partial charge is 0.404 e. The Morgan fingerprint density at radius 1 is 1.06 bits per heavy atom. The van der Waals surface area contributed by atoms with Gasteiger partial charge in [-0.15, -0.1) is 0 Å². The number of Topliss-reactive ketones (excluding diaryl/α,β-unsaturated/α-hetero) is 2. The van der Waals surface area contributed by atoms with Crippen LogP contribution in [0.15, 0.2) is 35.3 Å². The van der Waals surface area contributed by atoms with Gasteiger partial charge in [0, 0.05) is 37.3 Å². The molecule has 4 N–H and O–H groups in total. The van der Waals surface area contributed by atoms with Crippen LogP contribution in [0.1, 0.15) is 122 Å². The van der Waals surface area contributed by atoms with Gasteiger partial charge in [-0.25, -0.2) is 15.1 Å². The third-order valence-corrected chi connectivity index (χ3v) is 11.1. The summed E-state index contributed by atoms with van der Waals surface area (Å²) in [5.41, 5.74) is 7.90. The van der Waals surface area contributed by atoms with E-state index in [2.05, 4.69) is 44.9 Å². The van der Waals surface area contributed by atoms with E-state index in [9.17, 15) is 24.5 Å². The number of nitrogens with one attached hydrogen (secondary N) is 2. The quantitative estimate of drug-likeness (QED) is 0.0307. The summed E-state index contributed by atoms with van der Waals surface area (Å²) < 4.78 is 13.3. The van der Waals surface area contributed by atoms with E-state index in [0.29, 0.717) is 50.4 Å². The van der Waals surface area contributed by atoms with Crippen LogP contribution < -0.4 is 16.5 Å². The fourth-order valence-corrected chi connectivity index (χ4v) is 8.22. The van der Waals surface area contributed by atoms with Crippen molar-refractivity contribution in [2.75, 3.05) is 6.54 Å². The number of hydrogen-bond acceptors (Lipinski definition) is 8. The fourth-order valence-electron chi connectivity index (χ4n) is 8.22. The van der Waals surface area contributed by atoms with E-state index in [1.54, 1.807) is 0 Å². The molecule has 1 amide bonds. The second-order valence-corrected chi connectivity index (χ2v) is 15.5. The van der Waals surface area contributed by atoms with Gasteiger partial charge < -0.3 is 20.4 Å². The van der Waals surface area contributed by atoms with Crippen LogP contribution in [0.2, 0.25) is 0 Å². The number of guanidine groups is 1. The second-order valence-electron chi connectivity index (χ2n) is 15.5. The molecule has 0 radical (unpaired) electrons. The molecule has 1 aromatic carbocycles. The van der Waals surface area contributed by atoms with Crippen molar-refractivity contribution >= 4 is 30.6 Å². The summed E-state index contributed by atoms with van der Waals surface area (Å²) in [5, 5.41) is 13.1. The Hall–Kier alpha value is -3.32. The number of ketones is 2. The van der Waals surface area contributed by atoms with Gasteiger partial charge in [0.1, 0.15) is 5.78 Å². The number of hydrogen-bond donors (Lipinski definition) is 3. The van der Waals surface area contributed by atoms with Crippen molar-refractivity contribution in [2.45, 2.75) is 129 Å². The van der Waals surface area contributed by atoms with Gasteiger partial charge in [0.15, 0.2) is 10.8 Å². The monoisotopic (exact) mass is 681 g/mol. The molecule has 1 aromatic rings. The van der Waals surface area contributed by atoms with Crippen LogP contribution in [-0.2, 0) is 18.9 Å². The zero-order valence-corrected chi connectivity index (χ0v) is 30.0. The number of amides is 1. The van der Waals surface area contributed by atoms with Crippen molar-refractivity contribution in [3.63, 3.8) is 0 Å². The van der Waals surface area contributed by atoms with Gasteiger partial charge in [0.05, 0.1) is 17.6 Å². The van der Waals surface area contributed by atoms with Gasteiger partial charge in [0.2, 0.25) is 5.91 Å². The molecular formula is C36H56BN5O7. The van der Waals surface area contributed by atoms with Crippen LogP contribution in [0.4, 0.5) is 0 Å². The molecule has 1 heterocycles. The molecular weight excluding hydrogens is 625 g/mol. The number of hydrazine groups is 1. The van der Waals surface area contributed by atoms with E-state index in [1.165, 1.54) is 0 Å². The number of carbonyl (C=O) groups is 3. The van der Waals surface area contributed by atoms with E-state index in [1.807, 2.05) is 35.8 Å². The average molecular weight is 682 g/mol. The first-order valence-corrected chi connectivity index (χ1v) is 18.1. The maximum Gasteiger partial charge on any atom is 0.481 e. The summed E-state index contributed by atoms with van der Waals surface area (Å²) in [7, 11) is -0.570. The topological polar surface area (TPSA) is 175 Å². The summed E-state index contributed by atoms with van der Waals surface area (Å²) in [6, 6.07) is 9.26. The SMILES string of the molecule is CC(C)C[C@H](NC(=O)[C@H](CCCN=C(N)N[N+](=O)[O-])CC(=O)CCCCCCC(=O)c1ccccc1)B1O[C@@H]2C[C@@H]3C[C@@H](C3(C)C)[C@]2(C)O1. The number of nitrogens with two attached hydrogens (primary N) is 1. The Morgan fingerprint density at radius 2 is 1.76 bits per heavy atom. The predicted octanol–water partition coefficient (Wildman–Crippen LogP) is 5.46. The molecule has 6 atom stereocenters. The van der Waals surface area contributed by atoms with Crippen LogP contribution in [0.5, 0.6) is 0 Å². The molecule has 1 aliphatic heterocycles. The van der Waals surface area contributed by atoms with E-state index in [4.69, 9.17) is 15.0 Å².